The van der Waals surface area contributed by atoms with Gasteiger partial charge in [0.1, 0.15) is 5.75 Å². The SMILES string of the molecule is Cc1ccc(-c2nc(-n3c4c(c5c(-c6ccccc6O)c(C)ccc53)C(C)(C)c3ccccc3-4)nc3ccccc23)cc1. The highest BCUT2D eigenvalue weighted by Crippen LogP contribution is 2.56. The molecule has 5 aromatic carbocycles. The Labute approximate surface area is 250 Å². The Bertz CT molecular complexity index is 2240. The number of aromatic nitrogens is 3. The van der Waals surface area contributed by atoms with E-state index < -0.39 is 0 Å². The highest BCUT2D eigenvalue weighted by atomic mass is 16.3. The van der Waals surface area contributed by atoms with E-state index in [2.05, 4.69) is 105 Å². The van der Waals surface area contributed by atoms with Gasteiger partial charge in [0.2, 0.25) is 5.95 Å². The average Bonchev–Trinajstić information content (AvgIpc) is 3.48. The van der Waals surface area contributed by atoms with Crippen molar-refractivity contribution >= 4 is 21.8 Å². The van der Waals surface area contributed by atoms with Gasteiger partial charge in [0.15, 0.2) is 0 Å². The Balaban J connectivity index is 1.55. The Kier molecular flexibility index (Phi) is 5.42. The van der Waals surface area contributed by atoms with Gasteiger partial charge < -0.3 is 5.11 Å². The first-order chi connectivity index (χ1) is 20.8. The van der Waals surface area contributed by atoms with Crippen LogP contribution in [0.3, 0.4) is 0 Å². The fourth-order valence-corrected chi connectivity index (χ4v) is 7.05. The number of hydrogen-bond donors (Lipinski definition) is 1. The van der Waals surface area contributed by atoms with Gasteiger partial charge in [-0.2, -0.15) is 0 Å². The van der Waals surface area contributed by atoms with Crippen LogP contribution in [0.5, 0.6) is 5.75 Å². The quantitative estimate of drug-likeness (QED) is 0.235. The third-order valence-electron chi connectivity index (χ3n) is 9.11. The van der Waals surface area contributed by atoms with Crippen molar-refractivity contribution in [1.29, 1.82) is 0 Å². The number of hydrogen-bond acceptors (Lipinski definition) is 3. The molecule has 4 nitrogen and oxygen atoms in total. The van der Waals surface area contributed by atoms with Gasteiger partial charge in [-0.1, -0.05) is 110 Å². The summed E-state index contributed by atoms with van der Waals surface area (Å²) in [5, 5.41) is 13.2. The maximum Gasteiger partial charge on any atom is 0.235 e. The van der Waals surface area contributed by atoms with Gasteiger partial charge in [-0.05, 0) is 54.3 Å². The molecule has 0 fully saturated rings. The van der Waals surface area contributed by atoms with E-state index in [9.17, 15) is 5.11 Å². The van der Waals surface area contributed by atoms with Crippen molar-refractivity contribution in [2.24, 2.45) is 0 Å². The average molecular weight is 558 g/mol. The van der Waals surface area contributed by atoms with E-state index in [-0.39, 0.29) is 11.2 Å². The van der Waals surface area contributed by atoms with Gasteiger partial charge in [-0.3, -0.25) is 4.57 Å². The van der Waals surface area contributed by atoms with E-state index in [0.717, 1.165) is 55.4 Å². The Morgan fingerprint density at radius 1 is 0.698 bits per heavy atom. The predicted octanol–water partition coefficient (Wildman–Crippen LogP) is 9.54. The smallest absolute Gasteiger partial charge is 0.235 e. The molecule has 1 aliphatic carbocycles. The highest BCUT2D eigenvalue weighted by Gasteiger charge is 2.42. The molecule has 1 aliphatic rings. The minimum atomic E-state index is -0.279. The normalized spacial score (nSPS) is 13.4. The summed E-state index contributed by atoms with van der Waals surface area (Å²) in [6.07, 6.45) is 0. The molecule has 1 N–H and O–H groups in total. The summed E-state index contributed by atoms with van der Waals surface area (Å²) in [6.45, 7) is 8.84. The van der Waals surface area contributed by atoms with Crippen LogP contribution in [0, 0.1) is 13.8 Å². The van der Waals surface area contributed by atoms with E-state index in [1.54, 1.807) is 6.07 Å². The predicted molar refractivity (Wildman–Crippen MR) is 176 cm³/mol. The second kappa shape index (κ2) is 9.14. The molecule has 8 rings (SSSR count). The zero-order valence-electron chi connectivity index (χ0n) is 24.7. The Hall–Kier alpha value is -5.22. The lowest BCUT2D eigenvalue weighted by atomic mass is 9.80. The molecule has 0 unspecified atom stereocenters. The zero-order valence-corrected chi connectivity index (χ0v) is 24.7. The molecular formula is C39H31N3O. The Morgan fingerprint density at radius 2 is 1.40 bits per heavy atom. The summed E-state index contributed by atoms with van der Waals surface area (Å²) in [5.74, 6) is 0.914. The van der Waals surface area contributed by atoms with Crippen molar-refractivity contribution < 1.29 is 5.11 Å². The lowest BCUT2D eigenvalue weighted by molar-refractivity contribution is 0.477. The van der Waals surface area contributed by atoms with Crippen molar-refractivity contribution in [2.75, 3.05) is 0 Å². The second-order valence-corrected chi connectivity index (χ2v) is 12.2. The standard InChI is InChI=1S/C39H31N3O/c1-23-17-20-25(21-18-23)36-27-12-6-9-15-30(27)40-38(41-36)42-31-22-19-24(2)33(28-13-7-10-16-32(28)43)34(31)35-37(42)26-11-5-8-14-29(26)39(35,3)4/h5-22,43H,1-4H3. The molecule has 2 heterocycles. The molecule has 4 heteroatoms. The molecule has 7 aromatic rings. The summed E-state index contributed by atoms with van der Waals surface area (Å²) < 4.78 is 2.26. The van der Waals surface area contributed by atoms with Crippen LogP contribution >= 0.6 is 0 Å². The third kappa shape index (κ3) is 3.63. The minimum Gasteiger partial charge on any atom is -0.507 e. The Morgan fingerprint density at radius 3 is 2.19 bits per heavy atom. The summed E-state index contributed by atoms with van der Waals surface area (Å²) in [4.78, 5) is 10.6. The highest BCUT2D eigenvalue weighted by molar-refractivity contribution is 6.08. The molecule has 0 saturated heterocycles. The second-order valence-electron chi connectivity index (χ2n) is 12.2. The third-order valence-corrected chi connectivity index (χ3v) is 9.11. The van der Waals surface area contributed by atoms with Crippen LogP contribution in [0.15, 0.2) is 109 Å². The summed E-state index contributed by atoms with van der Waals surface area (Å²) in [6, 6.07) is 37.5. The molecule has 0 atom stereocenters. The molecule has 0 amide bonds. The number of phenols is 1. The monoisotopic (exact) mass is 557 g/mol. The van der Waals surface area contributed by atoms with E-state index in [1.165, 1.54) is 22.3 Å². The van der Waals surface area contributed by atoms with E-state index >= 15 is 0 Å². The van der Waals surface area contributed by atoms with E-state index in [4.69, 9.17) is 9.97 Å². The van der Waals surface area contributed by atoms with Crippen LogP contribution in [0.1, 0.15) is 36.1 Å². The van der Waals surface area contributed by atoms with Crippen molar-refractivity contribution in [3.63, 3.8) is 0 Å². The van der Waals surface area contributed by atoms with Crippen LogP contribution < -0.4 is 0 Å². The largest absolute Gasteiger partial charge is 0.507 e. The fourth-order valence-electron chi connectivity index (χ4n) is 7.05. The number of nitrogens with zero attached hydrogens (tertiary/aromatic N) is 3. The van der Waals surface area contributed by atoms with E-state index in [0.29, 0.717) is 5.95 Å². The van der Waals surface area contributed by atoms with Crippen molar-refractivity contribution in [3.8, 4) is 45.3 Å². The van der Waals surface area contributed by atoms with Crippen LogP contribution in [0.2, 0.25) is 0 Å². The molecule has 2 aromatic heterocycles. The first kappa shape index (κ1) is 25.5. The topological polar surface area (TPSA) is 50.9 Å². The number of para-hydroxylation sites is 2. The molecule has 0 saturated carbocycles. The minimum absolute atomic E-state index is 0.275. The van der Waals surface area contributed by atoms with Gasteiger partial charge in [0.05, 0.1) is 22.4 Å². The molecule has 43 heavy (non-hydrogen) atoms. The molecule has 0 radical (unpaired) electrons. The van der Waals surface area contributed by atoms with Crippen molar-refractivity contribution in [1.82, 2.24) is 14.5 Å². The molecule has 0 aliphatic heterocycles. The van der Waals surface area contributed by atoms with Gasteiger partial charge in [0.25, 0.3) is 0 Å². The van der Waals surface area contributed by atoms with Crippen molar-refractivity contribution in [2.45, 2.75) is 33.1 Å². The lowest BCUT2D eigenvalue weighted by Crippen LogP contribution is -2.15. The number of rotatable bonds is 3. The summed E-state index contributed by atoms with van der Waals surface area (Å²) in [7, 11) is 0. The van der Waals surface area contributed by atoms with Crippen LogP contribution in [-0.2, 0) is 5.41 Å². The van der Waals surface area contributed by atoms with Gasteiger partial charge in [-0.25, -0.2) is 9.97 Å². The first-order valence-corrected chi connectivity index (χ1v) is 14.8. The van der Waals surface area contributed by atoms with Crippen LogP contribution in [0.4, 0.5) is 0 Å². The molecule has 208 valence electrons. The molecular weight excluding hydrogens is 526 g/mol. The summed E-state index contributed by atoms with van der Waals surface area (Å²) in [5.41, 5.74) is 12.6. The van der Waals surface area contributed by atoms with Crippen LogP contribution in [0.25, 0.3) is 61.4 Å². The van der Waals surface area contributed by atoms with Gasteiger partial charge >= 0.3 is 0 Å². The number of phenolic OH excluding ortho intramolecular Hbond substituents is 1. The lowest BCUT2D eigenvalue weighted by Gasteiger charge is -2.23. The van der Waals surface area contributed by atoms with Gasteiger partial charge in [-0.15, -0.1) is 0 Å². The molecule has 0 bridgehead atoms. The summed E-state index contributed by atoms with van der Waals surface area (Å²) >= 11 is 0. The maximum absolute atomic E-state index is 11.1. The maximum atomic E-state index is 11.1. The zero-order chi connectivity index (χ0) is 29.5. The number of fused-ring (bicyclic) bond motifs is 6. The first-order valence-electron chi connectivity index (χ1n) is 14.8. The molecule has 0 spiro atoms. The van der Waals surface area contributed by atoms with Gasteiger partial charge in [0, 0.05) is 32.9 Å². The fraction of sp³-hybridized carbons (Fsp3) is 0.128. The number of benzene rings is 5. The van der Waals surface area contributed by atoms with Crippen LogP contribution in [-0.4, -0.2) is 19.6 Å². The number of aryl methyl sites for hydroxylation is 2. The van der Waals surface area contributed by atoms with Crippen molar-refractivity contribution in [3.05, 3.63) is 131 Å². The van der Waals surface area contributed by atoms with E-state index in [1.807, 2.05) is 30.3 Å². The number of aromatic hydroxyl groups is 1.